The van der Waals surface area contributed by atoms with Crippen molar-refractivity contribution in [2.45, 2.75) is 13.3 Å². The zero-order valence-electron chi connectivity index (χ0n) is 11.9. The average molecular weight is 314 g/mol. The molecule has 1 aromatic carbocycles. The van der Waals surface area contributed by atoms with Crippen molar-refractivity contribution in [1.82, 2.24) is 4.98 Å². The number of amidine groups is 2. The zero-order valence-corrected chi connectivity index (χ0v) is 12.8. The third-order valence-corrected chi connectivity index (χ3v) is 3.83. The van der Waals surface area contributed by atoms with Crippen molar-refractivity contribution in [3.8, 4) is 0 Å². The minimum atomic E-state index is -0.291. The van der Waals surface area contributed by atoms with Gasteiger partial charge in [-0.25, -0.2) is 9.98 Å². The maximum atomic E-state index is 11.4. The number of esters is 1. The first kappa shape index (κ1) is 14.4. The topological polar surface area (TPSA) is 89.9 Å². The van der Waals surface area contributed by atoms with Gasteiger partial charge in [-0.3, -0.25) is 4.79 Å². The monoisotopic (exact) mass is 314 g/mol. The third-order valence-electron chi connectivity index (χ3n) is 3.04. The van der Waals surface area contributed by atoms with Crippen molar-refractivity contribution in [1.29, 1.82) is 0 Å². The molecular weight excluding hydrogens is 300 g/mol. The normalized spacial score (nSPS) is 14.8. The molecule has 3 rings (SSSR count). The van der Waals surface area contributed by atoms with Gasteiger partial charge in [0.15, 0.2) is 5.84 Å². The van der Waals surface area contributed by atoms with E-state index in [0.717, 1.165) is 11.1 Å². The molecule has 22 heavy (non-hydrogen) atoms. The fourth-order valence-electron chi connectivity index (χ4n) is 2.10. The molecule has 0 saturated carbocycles. The van der Waals surface area contributed by atoms with E-state index in [2.05, 4.69) is 15.0 Å². The van der Waals surface area contributed by atoms with E-state index in [1.54, 1.807) is 12.3 Å². The summed E-state index contributed by atoms with van der Waals surface area (Å²) in [6, 6.07) is 7.65. The number of hydrogen-bond donors (Lipinski definition) is 1. The van der Waals surface area contributed by atoms with Crippen LogP contribution in [0.3, 0.4) is 0 Å². The van der Waals surface area contributed by atoms with Crippen LogP contribution in [-0.2, 0) is 16.0 Å². The Morgan fingerprint density at radius 1 is 1.36 bits per heavy atom. The van der Waals surface area contributed by atoms with Gasteiger partial charge in [0.25, 0.3) is 0 Å². The fraction of sp³-hybridized carbons (Fsp3) is 0.200. The first-order valence-corrected chi connectivity index (χ1v) is 7.68. The lowest BCUT2D eigenvalue weighted by molar-refractivity contribution is -0.142. The molecule has 0 unspecified atom stereocenters. The summed E-state index contributed by atoms with van der Waals surface area (Å²) in [6.45, 7) is 2.14. The van der Waals surface area contributed by atoms with E-state index >= 15 is 0 Å². The Labute approximate surface area is 131 Å². The lowest BCUT2D eigenvalue weighted by Crippen LogP contribution is -2.09. The van der Waals surface area contributed by atoms with Crippen molar-refractivity contribution in [2.75, 3.05) is 6.61 Å². The lowest BCUT2D eigenvalue weighted by Gasteiger charge is -1.98. The highest BCUT2D eigenvalue weighted by molar-refractivity contribution is 7.13. The molecule has 1 aliphatic rings. The summed E-state index contributed by atoms with van der Waals surface area (Å²) in [6.07, 6.45) is 0.150. The molecule has 2 heterocycles. The summed E-state index contributed by atoms with van der Waals surface area (Å²) in [4.78, 5) is 24.5. The number of ether oxygens (including phenoxy) is 1. The van der Waals surface area contributed by atoms with Gasteiger partial charge in [0.05, 0.1) is 18.7 Å². The number of fused-ring (bicyclic) bond motifs is 1. The number of rotatable bonds is 4. The van der Waals surface area contributed by atoms with Crippen LogP contribution in [0.25, 0.3) is 0 Å². The van der Waals surface area contributed by atoms with Gasteiger partial charge in [-0.1, -0.05) is 24.3 Å². The predicted octanol–water partition coefficient (Wildman–Crippen LogP) is 2.05. The number of carbonyl (C=O) groups excluding carboxylic acids is 1. The molecule has 0 atom stereocenters. The fourth-order valence-corrected chi connectivity index (χ4v) is 2.79. The second kappa shape index (κ2) is 6.07. The highest BCUT2D eigenvalue weighted by Gasteiger charge is 2.19. The maximum Gasteiger partial charge on any atom is 0.311 e. The van der Waals surface area contributed by atoms with E-state index < -0.39 is 0 Å². The third kappa shape index (κ3) is 2.89. The molecule has 7 heteroatoms. The van der Waals surface area contributed by atoms with E-state index in [4.69, 9.17) is 10.5 Å². The van der Waals surface area contributed by atoms with E-state index in [-0.39, 0.29) is 12.4 Å². The molecule has 0 amide bonds. The largest absolute Gasteiger partial charge is 0.466 e. The van der Waals surface area contributed by atoms with Gasteiger partial charge < -0.3 is 10.5 Å². The Balaban J connectivity index is 1.82. The van der Waals surface area contributed by atoms with Crippen molar-refractivity contribution in [2.24, 2.45) is 15.7 Å². The molecule has 112 valence electrons. The number of aromatic nitrogens is 1. The second-order valence-electron chi connectivity index (χ2n) is 4.58. The summed E-state index contributed by atoms with van der Waals surface area (Å²) in [5.41, 5.74) is 8.30. The van der Waals surface area contributed by atoms with Crippen LogP contribution in [0.4, 0.5) is 5.13 Å². The van der Waals surface area contributed by atoms with Gasteiger partial charge in [0.1, 0.15) is 5.84 Å². The van der Waals surface area contributed by atoms with E-state index in [0.29, 0.717) is 29.1 Å². The van der Waals surface area contributed by atoms with Crippen LogP contribution in [-0.4, -0.2) is 29.2 Å². The molecule has 0 saturated heterocycles. The number of benzene rings is 1. The Morgan fingerprint density at radius 3 is 2.91 bits per heavy atom. The van der Waals surface area contributed by atoms with E-state index in [9.17, 15) is 4.79 Å². The van der Waals surface area contributed by atoms with Crippen LogP contribution in [0.2, 0.25) is 0 Å². The molecule has 2 N–H and O–H groups in total. The van der Waals surface area contributed by atoms with Crippen molar-refractivity contribution < 1.29 is 9.53 Å². The van der Waals surface area contributed by atoms with Crippen LogP contribution in [0.5, 0.6) is 0 Å². The highest BCUT2D eigenvalue weighted by Crippen LogP contribution is 2.24. The van der Waals surface area contributed by atoms with Crippen molar-refractivity contribution in [3.63, 3.8) is 0 Å². The number of nitrogens with zero attached hydrogens (tertiary/aromatic N) is 3. The molecule has 0 spiro atoms. The van der Waals surface area contributed by atoms with Gasteiger partial charge in [-0.2, -0.15) is 4.99 Å². The van der Waals surface area contributed by atoms with Gasteiger partial charge in [0.2, 0.25) is 5.13 Å². The number of hydrogen-bond acceptors (Lipinski definition) is 6. The Morgan fingerprint density at radius 2 is 2.14 bits per heavy atom. The molecule has 0 radical (unpaired) electrons. The summed E-state index contributed by atoms with van der Waals surface area (Å²) < 4.78 is 4.90. The Kier molecular flexibility index (Phi) is 3.97. The van der Waals surface area contributed by atoms with Gasteiger partial charge in [-0.05, 0) is 6.92 Å². The minimum Gasteiger partial charge on any atom is -0.466 e. The first-order chi connectivity index (χ1) is 10.7. The molecule has 1 aromatic heterocycles. The summed E-state index contributed by atoms with van der Waals surface area (Å²) in [5, 5.41) is 2.34. The van der Waals surface area contributed by atoms with E-state index in [1.807, 2.05) is 24.3 Å². The molecular formula is C15H14N4O2S. The SMILES string of the molecule is CCOC(=O)Cc1csc(/N=C2\N=C(N)c3ccccc32)n1. The van der Waals surface area contributed by atoms with Crippen molar-refractivity contribution >= 4 is 34.1 Å². The standard InChI is InChI=1S/C15H14N4O2S/c1-2-21-12(20)7-9-8-22-15(17-9)19-14-11-6-4-3-5-10(11)13(16)18-14/h3-6,8H,2,7H2,1H3,(H2,16,17,18,19). The molecule has 1 aliphatic heterocycles. The highest BCUT2D eigenvalue weighted by atomic mass is 32.1. The second-order valence-corrected chi connectivity index (χ2v) is 5.42. The smallest absolute Gasteiger partial charge is 0.311 e. The summed E-state index contributed by atoms with van der Waals surface area (Å²) in [5.74, 6) is 0.711. The minimum absolute atomic E-state index is 0.150. The van der Waals surface area contributed by atoms with Gasteiger partial charge in [-0.15, -0.1) is 11.3 Å². The number of thiazole rings is 1. The Hall–Kier alpha value is -2.54. The van der Waals surface area contributed by atoms with Crippen LogP contribution in [0.1, 0.15) is 23.7 Å². The molecule has 0 aliphatic carbocycles. The van der Waals surface area contributed by atoms with Crippen LogP contribution >= 0.6 is 11.3 Å². The number of aliphatic imine (C=N–C) groups is 2. The van der Waals surface area contributed by atoms with Crippen LogP contribution in [0, 0.1) is 0 Å². The average Bonchev–Trinajstić information content (AvgIpc) is 3.06. The summed E-state index contributed by atoms with van der Waals surface area (Å²) in [7, 11) is 0. The zero-order chi connectivity index (χ0) is 15.5. The van der Waals surface area contributed by atoms with Gasteiger partial charge >= 0.3 is 5.97 Å². The van der Waals surface area contributed by atoms with E-state index in [1.165, 1.54) is 11.3 Å². The number of carbonyl (C=O) groups is 1. The lowest BCUT2D eigenvalue weighted by atomic mass is 10.1. The van der Waals surface area contributed by atoms with Crippen LogP contribution < -0.4 is 5.73 Å². The van der Waals surface area contributed by atoms with Crippen LogP contribution in [0.15, 0.2) is 39.6 Å². The van der Waals surface area contributed by atoms with Gasteiger partial charge in [0, 0.05) is 16.5 Å². The molecule has 6 nitrogen and oxygen atoms in total. The molecule has 0 fully saturated rings. The number of nitrogens with two attached hydrogens (primary N) is 1. The molecule has 0 bridgehead atoms. The molecule has 2 aromatic rings. The maximum absolute atomic E-state index is 11.4. The predicted molar refractivity (Wildman–Crippen MR) is 85.8 cm³/mol. The summed E-state index contributed by atoms with van der Waals surface area (Å²) >= 11 is 1.36. The quantitative estimate of drug-likeness (QED) is 0.874. The first-order valence-electron chi connectivity index (χ1n) is 6.80. The Bertz CT molecular complexity index is 779. The van der Waals surface area contributed by atoms with Crippen molar-refractivity contribution in [3.05, 3.63) is 46.5 Å².